The summed E-state index contributed by atoms with van der Waals surface area (Å²) >= 11 is 0. The lowest BCUT2D eigenvalue weighted by Gasteiger charge is -2.29. The number of hydrogen-bond acceptors (Lipinski definition) is 4. The van der Waals surface area contributed by atoms with Crippen LogP contribution in [-0.4, -0.2) is 31.4 Å². The molecule has 20 heavy (non-hydrogen) atoms. The molecule has 1 atom stereocenters. The lowest BCUT2D eigenvalue weighted by molar-refractivity contribution is -0.146. The van der Waals surface area contributed by atoms with E-state index in [-0.39, 0.29) is 19.2 Å². The minimum Gasteiger partial charge on any atom is -0.496 e. The summed E-state index contributed by atoms with van der Waals surface area (Å²) in [6.07, 6.45) is 2.84. The molecule has 0 aliphatic heterocycles. The van der Waals surface area contributed by atoms with Crippen LogP contribution in [0.3, 0.4) is 0 Å². The minimum atomic E-state index is -0.522. The molecule has 1 aromatic carbocycles. The number of hydrogen-bond donors (Lipinski definition) is 1. The van der Waals surface area contributed by atoms with Gasteiger partial charge in [0.1, 0.15) is 12.4 Å². The summed E-state index contributed by atoms with van der Waals surface area (Å²) in [6, 6.07) is 5.89. The first-order valence-electron chi connectivity index (χ1n) is 7.09. The molecular weight excluding hydrogens is 256 g/mol. The van der Waals surface area contributed by atoms with Gasteiger partial charge in [0.15, 0.2) is 0 Å². The van der Waals surface area contributed by atoms with Gasteiger partial charge in [-0.25, -0.2) is 0 Å². The third-order valence-corrected chi connectivity index (χ3v) is 4.00. The van der Waals surface area contributed by atoms with E-state index < -0.39 is 5.41 Å². The summed E-state index contributed by atoms with van der Waals surface area (Å²) in [6.45, 7) is 2.12. The van der Waals surface area contributed by atoms with Crippen LogP contribution in [0.15, 0.2) is 18.2 Å². The highest BCUT2D eigenvalue weighted by atomic mass is 16.5. The first-order valence-corrected chi connectivity index (χ1v) is 7.09. The van der Waals surface area contributed by atoms with Crippen molar-refractivity contribution in [3.8, 4) is 5.75 Å². The van der Waals surface area contributed by atoms with Gasteiger partial charge in [0.05, 0.1) is 19.1 Å². The molecule has 1 aliphatic carbocycles. The molecule has 0 radical (unpaired) electrons. The van der Waals surface area contributed by atoms with Gasteiger partial charge in [-0.1, -0.05) is 19.1 Å². The molecule has 1 aromatic rings. The first kappa shape index (κ1) is 14.9. The molecular formula is C16H22O4. The highest BCUT2D eigenvalue weighted by Gasteiger charge is 2.42. The molecule has 2 rings (SSSR count). The SMILES string of the molecule is CCCC(=O)OCC1(CO)CCc2cccc(OC)c21. The molecule has 0 bridgehead atoms. The van der Waals surface area contributed by atoms with E-state index in [1.807, 2.05) is 25.1 Å². The normalized spacial score (nSPS) is 20.6. The Balaban J connectivity index is 2.24. The number of carbonyl (C=O) groups excluding carboxylic acids is 1. The van der Waals surface area contributed by atoms with Crippen LogP contribution < -0.4 is 4.74 Å². The largest absolute Gasteiger partial charge is 0.496 e. The lowest BCUT2D eigenvalue weighted by Crippen LogP contribution is -2.35. The molecule has 1 aliphatic rings. The Bertz CT molecular complexity index is 483. The van der Waals surface area contributed by atoms with Crippen molar-refractivity contribution in [3.63, 3.8) is 0 Å². The molecule has 0 saturated carbocycles. The van der Waals surface area contributed by atoms with Gasteiger partial charge < -0.3 is 14.6 Å². The Labute approximate surface area is 119 Å². The van der Waals surface area contributed by atoms with Gasteiger partial charge in [-0.05, 0) is 30.9 Å². The summed E-state index contributed by atoms with van der Waals surface area (Å²) in [5, 5.41) is 9.88. The maximum absolute atomic E-state index is 11.6. The highest BCUT2D eigenvalue weighted by Crippen LogP contribution is 2.44. The second-order valence-electron chi connectivity index (χ2n) is 5.34. The summed E-state index contributed by atoms with van der Waals surface area (Å²) in [5.41, 5.74) is 1.64. The Morgan fingerprint density at radius 3 is 2.90 bits per heavy atom. The summed E-state index contributed by atoms with van der Waals surface area (Å²) in [7, 11) is 1.62. The molecule has 4 heteroatoms. The number of aliphatic hydroxyl groups excluding tert-OH is 1. The average Bonchev–Trinajstić information content (AvgIpc) is 2.85. The van der Waals surface area contributed by atoms with Gasteiger partial charge in [-0.2, -0.15) is 0 Å². The molecule has 1 N–H and O–H groups in total. The molecule has 0 amide bonds. The van der Waals surface area contributed by atoms with Crippen molar-refractivity contribution in [3.05, 3.63) is 29.3 Å². The number of ether oxygens (including phenoxy) is 2. The molecule has 0 fully saturated rings. The van der Waals surface area contributed by atoms with Crippen molar-refractivity contribution in [2.24, 2.45) is 0 Å². The fraction of sp³-hybridized carbons (Fsp3) is 0.562. The number of aryl methyl sites for hydroxylation is 1. The predicted molar refractivity (Wildman–Crippen MR) is 75.9 cm³/mol. The quantitative estimate of drug-likeness (QED) is 0.811. The van der Waals surface area contributed by atoms with Crippen LogP contribution in [0.5, 0.6) is 5.75 Å². The van der Waals surface area contributed by atoms with E-state index in [1.165, 1.54) is 5.56 Å². The zero-order valence-electron chi connectivity index (χ0n) is 12.1. The number of rotatable bonds is 6. The molecule has 0 aromatic heterocycles. The molecule has 0 heterocycles. The highest BCUT2D eigenvalue weighted by molar-refractivity contribution is 5.69. The summed E-state index contributed by atoms with van der Waals surface area (Å²) in [5.74, 6) is 0.560. The topological polar surface area (TPSA) is 55.8 Å². The Hall–Kier alpha value is -1.55. The van der Waals surface area contributed by atoms with E-state index in [0.29, 0.717) is 6.42 Å². The average molecular weight is 278 g/mol. The van der Waals surface area contributed by atoms with Crippen molar-refractivity contribution >= 4 is 5.97 Å². The van der Waals surface area contributed by atoms with E-state index in [9.17, 15) is 9.90 Å². The van der Waals surface area contributed by atoms with Crippen LogP contribution in [0, 0.1) is 0 Å². The third kappa shape index (κ3) is 2.66. The maximum atomic E-state index is 11.6. The Morgan fingerprint density at radius 1 is 1.45 bits per heavy atom. The fourth-order valence-corrected chi connectivity index (χ4v) is 2.90. The zero-order chi connectivity index (χ0) is 14.6. The van der Waals surface area contributed by atoms with Crippen LogP contribution in [-0.2, 0) is 21.4 Å². The smallest absolute Gasteiger partial charge is 0.305 e. The van der Waals surface area contributed by atoms with E-state index in [4.69, 9.17) is 9.47 Å². The van der Waals surface area contributed by atoms with Gasteiger partial charge in [-0.3, -0.25) is 4.79 Å². The standard InChI is InChI=1S/C16H22O4/c1-3-5-14(18)20-11-16(10-17)9-8-12-6-4-7-13(19-2)15(12)16/h4,6-7,17H,3,5,8-11H2,1-2H3. The maximum Gasteiger partial charge on any atom is 0.305 e. The van der Waals surface area contributed by atoms with E-state index in [1.54, 1.807) is 7.11 Å². The molecule has 110 valence electrons. The summed E-state index contributed by atoms with van der Waals surface area (Å²) < 4.78 is 10.8. The molecule has 4 nitrogen and oxygen atoms in total. The van der Waals surface area contributed by atoms with Gasteiger partial charge >= 0.3 is 5.97 Å². The fourth-order valence-electron chi connectivity index (χ4n) is 2.90. The van der Waals surface area contributed by atoms with Gasteiger partial charge in [0.2, 0.25) is 0 Å². The summed E-state index contributed by atoms with van der Waals surface area (Å²) in [4.78, 5) is 11.6. The number of carbonyl (C=O) groups is 1. The Morgan fingerprint density at radius 2 is 2.25 bits per heavy atom. The lowest BCUT2D eigenvalue weighted by atomic mass is 9.83. The van der Waals surface area contributed by atoms with E-state index in [0.717, 1.165) is 30.6 Å². The number of aliphatic hydroxyl groups is 1. The van der Waals surface area contributed by atoms with Crippen LogP contribution >= 0.6 is 0 Å². The van der Waals surface area contributed by atoms with E-state index in [2.05, 4.69) is 0 Å². The van der Waals surface area contributed by atoms with Crippen molar-refractivity contribution in [2.45, 2.75) is 38.0 Å². The van der Waals surface area contributed by atoms with Gasteiger partial charge in [-0.15, -0.1) is 0 Å². The van der Waals surface area contributed by atoms with Crippen molar-refractivity contribution in [1.29, 1.82) is 0 Å². The number of benzene rings is 1. The minimum absolute atomic E-state index is 0.0419. The second-order valence-corrected chi connectivity index (χ2v) is 5.34. The van der Waals surface area contributed by atoms with Crippen molar-refractivity contribution in [2.75, 3.05) is 20.3 Å². The molecule has 1 unspecified atom stereocenters. The molecule has 0 spiro atoms. The van der Waals surface area contributed by atoms with Crippen LogP contribution in [0.2, 0.25) is 0 Å². The van der Waals surface area contributed by atoms with Crippen LogP contribution in [0.25, 0.3) is 0 Å². The van der Waals surface area contributed by atoms with Crippen LogP contribution in [0.4, 0.5) is 0 Å². The monoisotopic (exact) mass is 278 g/mol. The third-order valence-electron chi connectivity index (χ3n) is 4.00. The number of esters is 1. The van der Waals surface area contributed by atoms with Gasteiger partial charge in [0, 0.05) is 12.0 Å². The van der Waals surface area contributed by atoms with Crippen molar-refractivity contribution < 1.29 is 19.4 Å². The van der Waals surface area contributed by atoms with Gasteiger partial charge in [0.25, 0.3) is 0 Å². The van der Waals surface area contributed by atoms with E-state index >= 15 is 0 Å². The van der Waals surface area contributed by atoms with Crippen LogP contribution in [0.1, 0.15) is 37.3 Å². The molecule has 0 saturated heterocycles. The second kappa shape index (κ2) is 6.27. The zero-order valence-corrected chi connectivity index (χ0v) is 12.1. The van der Waals surface area contributed by atoms with Crippen molar-refractivity contribution in [1.82, 2.24) is 0 Å². The predicted octanol–water partition coefficient (Wildman–Crippen LogP) is 2.21. The first-order chi connectivity index (χ1) is 9.66. The Kier molecular flexibility index (Phi) is 4.65. The number of fused-ring (bicyclic) bond motifs is 1. The number of methoxy groups -OCH3 is 1.